The summed E-state index contributed by atoms with van der Waals surface area (Å²) in [4.78, 5) is 0.122. The van der Waals surface area contributed by atoms with Crippen molar-refractivity contribution in [3.63, 3.8) is 0 Å². The summed E-state index contributed by atoms with van der Waals surface area (Å²) in [7, 11) is -2.29. The molecule has 0 fully saturated rings. The summed E-state index contributed by atoms with van der Waals surface area (Å²) in [5, 5.41) is 3.35. The fraction of sp³-hybridized carbons (Fsp3) is 0.182. The van der Waals surface area contributed by atoms with Gasteiger partial charge in [-0.2, -0.15) is 0 Å². The highest BCUT2D eigenvalue weighted by Crippen LogP contribution is 2.27. The van der Waals surface area contributed by atoms with Crippen LogP contribution in [0.15, 0.2) is 71.6 Å². The van der Waals surface area contributed by atoms with Crippen molar-refractivity contribution in [1.82, 2.24) is 0 Å². The Morgan fingerprint density at radius 3 is 2.25 bits per heavy atom. The molecule has 0 unspecified atom stereocenters. The maximum Gasteiger partial charge on any atom is 0.265 e. The molecule has 0 aliphatic rings. The number of rotatable bonds is 7. The standard InChI is InChI=1S/C22H24N2O3S/c1-16-8-13-21(27-3)22(14-16)28(25,26)24-20-11-9-19(10-12-20)23-15-18-7-5-4-6-17(18)2/h4-14,23-24H,15H2,1-3H3. The molecule has 0 atom stereocenters. The van der Waals surface area contributed by atoms with Crippen LogP contribution in [0.2, 0.25) is 0 Å². The van der Waals surface area contributed by atoms with E-state index in [-0.39, 0.29) is 4.90 Å². The molecule has 0 saturated carbocycles. The molecule has 2 N–H and O–H groups in total. The summed E-state index contributed by atoms with van der Waals surface area (Å²) in [5.41, 5.74) is 4.70. The molecule has 0 bridgehead atoms. The zero-order chi connectivity index (χ0) is 20.1. The van der Waals surface area contributed by atoms with Crippen LogP contribution in [0.3, 0.4) is 0 Å². The van der Waals surface area contributed by atoms with Crippen LogP contribution in [-0.4, -0.2) is 15.5 Å². The van der Waals surface area contributed by atoms with Gasteiger partial charge in [-0.3, -0.25) is 4.72 Å². The number of hydrogen-bond donors (Lipinski definition) is 2. The predicted molar refractivity (Wildman–Crippen MR) is 113 cm³/mol. The zero-order valence-electron chi connectivity index (χ0n) is 16.2. The second kappa shape index (κ2) is 8.35. The Kier molecular flexibility index (Phi) is 5.90. The Morgan fingerprint density at radius 2 is 1.57 bits per heavy atom. The largest absolute Gasteiger partial charge is 0.495 e. The van der Waals surface area contributed by atoms with Crippen molar-refractivity contribution in [1.29, 1.82) is 0 Å². The van der Waals surface area contributed by atoms with Crippen molar-refractivity contribution in [3.8, 4) is 5.75 Å². The SMILES string of the molecule is COc1ccc(C)cc1S(=O)(=O)Nc1ccc(NCc2ccccc2C)cc1. The first-order chi connectivity index (χ1) is 13.4. The van der Waals surface area contributed by atoms with Gasteiger partial charge in [0.05, 0.1) is 7.11 Å². The Labute approximate surface area is 166 Å². The number of anilines is 2. The Balaban J connectivity index is 1.72. The van der Waals surface area contributed by atoms with Gasteiger partial charge in [-0.1, -0.05) is 30.3 Å². The molecule has 3 rings (SSSR count). The van der Waals surface area contributed by atoms with E-state index in [0.29, 0.717) is 18.0 Å². The van der Waals surface area contributed by atoms with Gasteiger partial charge in [0.25, 0.3) is 10.0 Å². The average molecular weight is 397 g/mol. The molecular formula is C22H24N2O3S. The van der Waals surface area contributed by atoms with Gasteiger partial charge >= 0.3 is 0 Å². The van der Waals surface area contributed by atoms with E-state index in [0.717, 1.165) is 11.3 Å². The molecular weight excluding hydrogens is 372 g/mol. The third kappa shape index (κ3) is 4.64. The lowest BCUT2D eigenvalue weighted by Crippen LogP contribution is -2.14. The van der Waals surface area contributed by atoms with Crippen LogP contribution in [0.25, 0.3) is 0 Å². The van der Waals surface area contributed by atoms with Gasteiger partial charge in [0, 0.05) is 17.9 Å². The lowest BCUT2D eigenvalue weighted by atomic mass is 10.1. The minimum atomic E-state index is -3.75. The molecule has 0 saturated heterocycles. The van der Waals surface area contributed by atoms with Crippen LogP contribution in [0.1, 0.15) is 16.7 Å². The van der Waals surface area contributed by atoms with Crippen molar-refractivity contribution in [2.24, 2.45) is 0 Å². The molecule has 6 heteroatoms. The molecule has 0 spiro atoms. The van der Waals surface area contributed by atoms with E-state index in [1.165, 1.54) is 18.2 Å². The van der Waals surface area contributed by atoms with Crippen LogP contribution in [0, 0.1) is 13.8 Å². The lowest BCUT2D eigenvalue weighted by Gasteiger charge is -2.13. The molecule has 0 radical (unpaired) electrons. The van der Waals surface area contributed by atoms with Crippen LogP contribution in [-0.2, 0) is 16.6 Å². The third-order valence-corrected chi connectivity index (χ3v) is 5.89. The normalized spacial score (nSPS) is 11.1. The van der Waals surface area contributed by atoms with Crippen molar-refractivity contribution in [2.45, 2.75) is 25.3 Å². The van der Waals surface area contributed by atoms with E-state index in [9.17, 15) is 8.42 Å². The van der Waals surface area contributed by atoms with E-state index in [4.69, 9.17) is 4.74 Å². The fourth-order valence-corrected chi connectivity index (χ4v) is 4.18. The van der Waals surface area contributed by atoms with E-state index in [1.807, 2.05) is 37.3 Å². The molecule has 3 aromatic carbocycles. The Hall–Kier alpha value is -2.99. The van der Waals surface area contributed by atoms with Crippen LogP contribution < -0.4 is 14.8 Å². The number of nitrogens with one attached hydrogen (secondary N) is 2. The summed E-state index contributed by atoms with van der Waals surface area (Å²) in [6.45, 7) is 4.63. The van der Waals surface area contributed by atoms with Gasteiger partial charge in [0.15, 0.2) is 0 Å². The molecule has 0 aliphatic heterocycles. The number of methoxy groups -OCH3 is 1. The number of ether oxygens (including phenoxy) is 1. The maximum atomic E-state index is 12.8. The zero-order valence-corrected chi connectivity index (χ0v) is 17.0. The summed E-state index contributed by atoms with van der Waals surface area (Å²) in [6.07, 6.45) is 0. The maximum absolute atomic E-state index is 12.8. The van der Waals surface area contributed by atoms with Gasteiger partial charge < -0.3 is 10.1 Å². The van der Waals surface area contributed by atoms with Crippen LogP contribution >= 0.6 is 0 Å². The van der Waals surface area contributed by atoms with Crippen molar-refractivity contribution in [2.75, 3.05) is 17.1 Å². The van der Waals surface area contributed by atoms with E-state index in [2.05, 4.69) is 29.1 Å². The van der Waals surface area contributed by atoms with Crippen LogP contribution in [0.4, 0.5) is 11.4 Å². The number of hydrogen-bond acceptors (Lipinski definition) is 4. The fourth-order valence-electron chi connectivity index (χ4n) is 2.87. The molecule has 28 heavy (non-hydrogen) atoms. The third-order valence-electron chi connectivity index (χ3n) is 4.49. The molecule has 0 aromatic heterocycles. The monoisotopic (exact) mass is 396 g/mol. The highest BCUT2D eigenvalue weighted by molar-refractivity contribution is 7.92. The number of aryl methyl sites for hydroxylation is 2. The summed E-state index contributed by atoms with van der Waals surface area (Å²) in [6, 6.07) is 20.4. The number of sulfonamides is 1. The summed E-state index contributed by atoms with van der Waals surface area (Å²) < 4.78 is 33.3. The molecule has 0 aliphatic carbocycles. The van der Waals surface area contributed by atoms with E-state index >= 15 is 0 Å². The highest BCUT2D eigenvalue weighted by atomic mass is 32.2. The Morgan fingerprint density at radius 1 is 0.893 bits per heavy atom. The predicted octanol–water partition coefficient (Wildman–Crippen LogP) is 4.72. The quantitative estimate of drug-likeness (QED) is 0.606. The van der Waals surface area contributed by atoms with Gasteiger partial charge in [-0.15, -0.1) is 0 Å². The molecule has 0 heterocycles. The summed E-state index contributed by atoms with van der Waals surface area (Å²) >= 11 is 0. The lowest BCUT2D eigenvalue weighted by molar-refractivity contribution is 0.402. The van der Waals surface area contributed by atoms with E-state index < -0.39 is 10.0 Å². The first kappa shape index (κ1) is 19.8. The highest BCUT2D eigenvalue weighted by Gasteiger charge is 2.19. The molecule has 146 valence electrons. The van der Waals surface area contributed by atoms with Gasteiger partial charge in [0.2, 0.25) is 0 Å². The van der Waals surface area contributed by atoms with Gasteiger partial charge in [-0.25, -0.2) is 8.42 Å². The van der Waals surface area contributed by atoms with Crippen LogP contribution in [0.5, 0.6) is 5.75 Å². The van der Waals surface area contributed by atoms with Crippen molar-refractivity contribution in [3.05, 3.63) is 83.4 Å². The average Bonchev–Trinajstić information content (AvgIpc) is 2.68. The first-order valence-corrected chi connectivity index (χ1v) is 10.4. The van der Waals surface area contributed by atoms with Crippen molar-refractivity contribution < 1.29 is 13.2 Å². The Bertz CT molecular complexity index is 1060. The number of benzene rings is 3. The van der Waals surface area contributed by atoms with Gasteiger partial charge in [0.1, 0.15) is 10.6 Å². The molecule has 5 nitrogen and oxygen atoms in total. The second-order valence-corrected chi connectivity index (χ2v) is 8.27. The van der Waals surface area contributed by atoms with Gasteiger partial charge in [-0.05, 0) is 66.9 Å². The summed E-state index contributed by atoms with van der Waals surface area (Å²) in [5.74, 6) is 0.314. The molecule has 0 amide bonds. The second-order valence-electron chi connectivity index (χ2n) is 6.62. The van der Waals surface area contributed by atoms with E-state index in [1.54, 1.807) is 24.3 Å². The minimum Gasteiger partial charge on any atom is -0.495 e. The first-order valence-electron chi connectivity index (χ1n) is 8.95. The molecule has 3 aromatic rings. The smallest absolute Gasteiger partial charge is 0.265 e. The van der Waals surface area contributed by atoms with Crippen molar-refractivity contribution >= 4 is 21.4 Å². The minimum absolute atomic E-state index is 0.122. The topological polar surface area (TPSA) is 67.4 Å².